The molecular weight excluding hydrogens is 182 g/mol. The minimum atomic E-state index is 0.957. The summed E-state index contributed by atoms with van der Waals surface area (Å²) in [5, 5.41) is 0. The average molecular weight is 207 g/mol. The van der Waals surface area contributed by atoms with E-state index in [4.69, 9.17) is 0 Å². The highest BCUT2D eigenvalue weighted by Gasteiger charge is 2.42. The SMILES string of the molecule is CN1[C@@H]2CCCC[C@H]2C[C@H]2CCCC[C@@H]21. The van der Waals surface area contributed by atoms with Crippen LogP contribution in [0.4, 0.5) is 0 Å². The lowest BCUT2D eigenvalue weighted by atomic mass is 9.68. The molecule has 2 saturated carbocycles. The molecule has 0 aromatic carbocycles. The van der Waals surface area contributed by atoms with Gasteiger partial charge in [0.25, 0.3) is 0 Å². The third-order valence-electron chi connectivity index (χ3n) is 5.39. The number of fused-ring (bicyclic) bond motifs is 2. The van der Waals surface area contributed by atoms with Gasteiger partial charge in [0.05, 0.1) is 0 Å². The van der Waals surface area contributed by atoms with Crippen LogP contribution in [-0.4, -0.2) is 24.0 Å². The van der Waals surface area contributed by atoms with Gasteiger partial charge >= 0.3 is 0 Å². The molecule has 86 valence electrons. The van der Waals surface area contributed by atoms with Crippen LogP contribution in [-0.2, 0) is 0 Å². The molecule has 1 heteroatoms. The molecule has 0 aromatic rings. The zero-order valence-electron chi connectivity index (χ0n) is 10.1. The molecule has 1 heterocycles. The predicted molar refractivity (Wildman–Crippen MR) is 63.9 cm³/mol. The van der Waals surface area contributed by atoms with E-state index in [1.165, 1.54) is 51.4 Å². The number of hydrogen-bond donors (Lipinski definition) is 0. The van der Waals surface area contributed by atoms with Crippen molar-refractivity contribution in [1.82, 2.24) is 4.90 Å². The Kier molecular flexibility index (Phi) is 2.76. The second-order valence-electron chi connectivity index (χ2n) is 6.12. The first-order valence-electron chi connectivity index (χ1n) is 7.08. The zero-order chi connectivity index (χ0) is 10.3. The molecular formula is C14H25N. The van der Waals surface area contributed by atoms with Crippen LogP contribution in [0.25, 0.3) is 0 Å². The summed E-state index contributed by atoms with van der Waals surface area (Å²) in [6, 6.07) is 1.91. The molecule has 1 saturated heterocycles. The summed E-state index contributed by atoms with van der Waals surface area (Å²) in [5.41, 5.74) is 0. The maximum absolute atomic E-state index is 2.79. The van der Waals surface area contributed by atoms with E-state index in [0.29, 0.717) is 0 Å². The fraction of sp³-hybridized carbons (Fsp3) is 1.00. The Morgan fingerprint density at radius 3 is 1.73 bits per heavy atom. The Morgan fingerprint density at radius 1 is 0.733 bits per heavy atom. The molecule has 0 unspecified atom stereocenters. The van der Waals surface area contributed by atoms with Crippen molar-refractivity contribution in [3.63, 3.8) is 0 Å². The fourth-order valence-corrected chi connectivity index (χ4v) is 4.63. The van der Waals surface area contributed by atoms with E-state index in [-0.39, 0.29) is 0 Å². The maximum Gasteiger partial charge on any atom is 0.0124 e. The van der Waals surface area contributed by atoms with Gasteiger partial charge < -0.3 is 0 Å². The molecule has 4 atom stereocenters. The van der Waals surface area contributed by atoms with Crippen molar-refractivity contribution < 1.29 is 0 Å². The van der Waals surface area contributed by atoms with E-state index in [0.717, 1.165) is 23.9 Å². The van der Waals surface area contributed by atoms with E-state index in [1.807, 2.05) is 0 Å². The molecule has 0 bridgehead atoms. The zero-order valence-corrected chi connectivity index (χ0v) is 10.1. The van der Waals surface area contributed by atoms with Crippen molar-refractivity contribution in [3.05, 3.63) is 0 Å². The van der Waals surface area contributed by atoms with Gasteiger partial charge in [-0.25, -0.2) is 0 Å². The summed E-state index contributed by atoms with van der Waals surface area (Å²) in [5.74, 6) is 2.12. The summed E-state index contributed by atoms with van der Waals surface area (Å²) in [7, 11) is 2.42. The molecule has 0 spiro atoms. The van der Waals surface area contributed by atoms with Gasteiger partial charge in [-0.15, -0.1) is 0 Å². The van der Waals surface area contributed by atoms with Crippen LogP contribution in [0, 0.1) is 11.8 Å². The van der Waals surface area contributed by atoms with Gasteiger partial charge in [0.1, 0.15) is 0 Å². The molecule has 3 aliphatic rings. The Balaban J connectivity index is 1.76. The van der Waals surface area contributed by atoms with Gasteiger partial charge in [-0.3, -0.25) is 4.90 Å². The van der Waals surface area contributed by atoms with Gasteiger partial charge in [0, 0.05) is 12.1 Å². The standard InChI is InChI=1S/C14H25N/c1-15-13-8-4-2-6-11(13)10-12-7-3-5-9-14(12)15/h11-14H,2-10H2,1H3/t11-,12+,13+,14-. The number of rotatable bonds is 0. The quantitative estimate of drug-likeness (QED) is 0.588. The maximum atomic E-state index is 2.79. The van der Waals surface area contributed by atoms with Crippen molar-refractivity contribution in [2.75, 3.05) is 7.05 Å². The van der Waals surface area contributed by atoms with E-state index < -0.39 is 0 Å². The number of piperidine rings is 1. The van der Waals surface area contributed by atoms with Crippen LogP contribution in [0.3, 0.4) is 0 Å². The minimum Gasteiger partial charge on any atom is -0.300 e. The summed E-state index contributed by atoms with van der Waals surface area (Å²) in [4.78, 5) is 2.79. The first-order valence-corrected chi connectivity index (χ1v) is 7.08. The Bertz CT molecular complexity index is 203. The van der Waals surface area contributed by atoms with Crippen LogP contribution < -0.4 is 0 Å². The van der Waals surface area contributed by atoms with Crippen LogP contribution in [0.1, 0.15) is 57.8 Å². The largest absolute Gasteiger partial charge is 0.300 e. The van der Waals surface area contributed by atoms with Gasteiger partial charge in [-0.05, 0) is 51.0 Å². The van der Waals surface area contributed by atoms with Crippen LogP contribution >= 0.6 is 0 Å². The van der Waals surface area contributed by atoms with Gasteiger partial charge in [-0.1, -0.05) is 25.7 Å². The monoisotopic (exact) mass is 207 g/mol. The first kappa shape index (κ1) is 10.1. The molecule has 1 aliphatic heterocycles. The third kappa shape index (κ3) is 1.73. The fourth-order valence-electron chi connectivity index (χ4n) is 4.63. The van der Waals surface area contributed by atoms with Crippen molar-refractivity contribution in [2.45, 2.75) is 69.9 Å². The summed E-state index contributed by atoms with van der Waals surface area (Å²) in [6.07, 6.45) is 13.6. The van der Waals surface area contributed by atoms with Crippen molar-refractivity contribution in [1.29, 1.82) is 0 Å². The Morgan fingerprint density at radius 2 is 1.20 bits per heavy atom. The van der Waals surface area contributed by atoms with E-state index in [1.54, 1.807) is 6.42 Å². The minimum absolute atomic E-state index is 0.957. The second-order valence-corrected chi connectivity index (χ2v) is 6.12. The summed E-state index contributed by atoms with van der Waals surface area (Å²) < 4.78 is 0. The molecule has 3 rings (SSSR count). The van der Waals surface area contributed by atoms with Crippen LogP contribution in [0.2, 0.25) is 0 Å². The topological polar surface area (TPSA) is 3.24 Å². The van der Waals surface area contributed by atoms with Crippen LogP contribution in [0.15, 0.2) is 0 Å². The third-order valence-corrected chi connectivity index (χ3v) is 5.39. The highest BCUT2D eigenvalue weighted by Crippen LogP contribution is 2.44. The van der Waals surface area contributed by atoms with Gasteiger partial charge in [-0.2, -0.15) is 0 Å². The molecule has 0 amide bonds. The molecule has 1 nitrogen and oxygen atoms in total. The van der Waals surface area contributed by atoms with Crippen LogP contribution in [0.5, 0.6) is 0 Å². The van der Waals surface area contributed by atoms with E-state index >= 15 is 0 Å². The van der Waals surface area contributed by atoms with E-state index in [9.17, 15) is 0 Å². The smallest absolute Gasteiger partial charge is 0.0124 e. The average Bonchev–Trinajstić information content (AvgIpc) is 2.30. The molecule has 0 N–H and O–H groups in total. The lowest BCUT2D eigenvalue weighted by molar-refractivity contribution is -0.0208. The molecule has 15 heavy (non-hydrogen) atoms. The Hall–Kier alpha value is -0.0400. The van der Waals surface area contributed by atoms with E-state index in [2.05, 4.69) is 11.9 Å². The molecule has 0 radical (unpaired) electrons. The molecule has 0 aromatic heterocycles. The predicted octanol–water partition coefficient (Wildman–Crippen LogP) is 3.44. The Labute approximate surface area is 94.2 Å². The number of hydrogen-bond acceptors (Lipinski definition) is 1. The number of nitrogens with zero attached hydrogens (tertiary/aromatic N) is 1. The summed E-state index contributed by atoms with van der Waals surface area (Å²) in [6.45, 7) is 0. The highest BCUT2D eigenvalue weighted by molar-refractivity contribution is 4.96. The van der Waals surface area contributed by atoms with Gasteiger partial charge in [0.2, 0.25) is 0 Å². The van der Waals surface area contributed by atoms with Crippen molar-refractivity contribution in [2.24, 2.45) is 11.8 Å². The van der Waals surface area contributed by atoms with Gasteiger partial charge in [0.15, 0.2) is 0 Å². The first-order chi connectivity index (χ1) is 7.36. The van der Waals surface area contributed by atoms with Crippen molar-refractivity contribution in [3.8, 4) is 0 Å². The molecule has 2 aliphatic carbocycles. The van der Waals surface area contributed by atoms with Crippen molar-refractivity contribution >= 4 is 0 Å². The summed E-state index contributed by atoms with van der Waals surface area (Å²) >= 11 is 0. The highest BCUT2D eigenvalue weighted by atomic mass is 15.2. The lowest BCUT2D eigenvalue weighted by Crippen LogP contribution is -2.54. The molecule has 3 fully saturated rings. The lowest BCUT2D eigenvalue weighted by Gasteiger charge is -2.52. The second kappa shape index (κ2) is 4.08. The normalized spacial score (nSPS) is 47.0. The number of likely N-dealkylation sites (tertiary alicyclic amines) is 1.